The molecule has 194 valence electrons. The molecular weight excluding hydrogens is 416 g/mol. The van der Waals surface area contributed by atoms with E-state index in [1.807, 2.05) is 6.92 Å². The van der Waals surface area contributed by atoms with Crippen LogP contribution < -0.4 is 11.1 Å². The van der Waals surface area contributed by atoms with E-state index >= 15 is 0 Å². The lowest BCUT2D eigenvalue weighted by molar-refractivity contribution is -0.122. The van der Waals surface area contributed by atoms with Gasteiger partial charge in [0.15, 0.2) is 0 Å². The average Bonchev–Trinajstić information content (AvgIpc) is 3.15. The third-order valence-electron chi connectivity index (χ3n) is 6.10. The predicted molar refractivity (Wildman–Crippen MR) is 148 cm³/mol. The normalized spacial score (nSPS) is 18.7. The minimum atomic E-state index is -0.250. The Morgan fingerprint density at radius 2 is 1.69 bits per heavy atom. The molecule has 4 nitrogen and oxygen atoms in total. The van der Waals surface area contributed by atoms with Gasteiger partial charge in [-0.2, -0.15) is 11.8 Å². The van der Waals surface area contributed by atoms with Crippen LogP contribution in [0.2, 0.25) is 0 Å². The van der Waals surface area contributed by atoms with Crippen molar-refractivity contribution in [3.63, 3.8) is 0 Å². The highest BCUT2D eigenvalue weighted by Crippen LogP contribution is 2.46. The van der Waals surface area contributed by atoms with Crippen LogP contribution in [-0.2, 0) is 4.79 Å². The Labute approximate surface area is 206 Å². The highest BCUT2D eigenvalue weighted by molar-refractivity contribution is 8.01. The van der Waals surface area contributed by atoms with Gasteiger partial charge in [0.05, 0.1) is 0 Å². The van der Waals surface area contributed by atoms with Gasteiger partial charge in [0, 0.05) is 10.00 Å². The molecule has 1 fully saturated rings. The van der Waals surface area contributed by atoms with Crippen molar-refractivity contribution < 1.29 is 9.90 Å². The van der Waals surface area contributed by atoms with Crippen LogP contribution in [0.25, 0.3) is 0 Å². The maximum Gasteiger partial charge on any atom is 0.290 e. The van der Waals surface area contributed by atoms with Crippen LogP contribution >= 0.6 is 11.8 Å². The lowest BCUT2D eigenvalue weighted by Gasteiger charge is -2.34. The van der Waals surface area contributed by atoms with E-state index in [0.717, 1.165) is 17.1 Å². The average molecular weight is 475 g/mol. The number of carbonyl (C=O) groups is 1. The van der Waals surface area contributed by atoms with Gasteiger partial charge in [-0.05, 0) is 83.3 Å². The molecular formula is C27H58N2O2S. The third kappa shape index (κ3) is 20.1. The Morgan fingerprint density at radius 1 is 1.16 bits per heavy atom. The Hall–Kier alpha value is -0.520. The first-order chi connectivity index (χ1) is 15.1. The molecule has 1 saturated carbocycles. The Kier molecular flexibility index (Phi) is 25.1. The summed E-state index contributed by atoms with van der Waals surface area (Å²) in [5, 5.41) is 11.2. The summed E-state index contributed by atoms with van der Waals surface area (Å²) < 4.78 is 0.434. The van der Waals surface area contributed by atoms with Crippen LogP contribution in [0.4, 0.5) is 0 Å². The summed E-state index contributed by atoms with van der Waals surface area (Å²) in [6.45, 7) is 20.8. The van der Waals surface area contributed by atoms with Gasteiger partial charge in [0.25, 0.3) is 6.47 Å². The van der Waals surface area contributed by atoms with Crippen molar-refractivity contribution in [2.24, 2.45) is 23.0 Å². The quantitative estimate of drug-likeness (QED) is 0.203. The van der Waals surface area contributed by atoms with Gasteiger partial charge in [-0.25, -0.2) is 0 Å². The number of nitrogens with one attached hydrogen (secondary N) is 1. The van der Waals surface area contributed by atoms with Crippen LogP contribution in [0.15, 0.2) is 12.7 Å². The molecule has 0 heterocycles. The molecule has 1 aliphatic rings. The Balaban J connectivity index is -0.000000920. The molecule has 4 N–H and O–H groups in total. The number of carboxylic acid groups (broad SMARTS) is 1. The second-order valence-corrected chi connectivity index (χ2v) is 12.0. The lowest BCUT2D eigenvalue weighted by atomic mass is 9.81. The molecule has 0 aromatic carbocycles. The first kappa shape index (κ1) is 36.1. The summed E-state index contributed by atoms with van der Waals surface area (Å²) in [6.07, 6.45) is 14.3. The molecule has 5 heteroatoms. The van der Waals surface area contributed by atoms with Crippen LogP contribution in [0.3, 0.4) is 0 Å². The fourth-order valence-electron chi connectivity index (χ4n) is 4.45. The van der Waals surface area contributed by atoms with Gasteiger partial charge in [-0.3, -0.25) is 4.79 Å². The summed E-state index contributed by atoms with van der Waals surface area (Å²) in [6, 6.07) is 0. The molecule has 32 heavy (non-hydrogen) atoms. The maximum absolute atomic E-state index is 8.36. The standard InChI is InChI=1S/C22H45NS.C3H6.CH5N.CH2O2/c1-8-13-21(3,4)14-15-22(5,6)24-20-12-10-11-19(20)16-18(9-2)17-23-7;1-3-2;1-2;2-1-3/h18-20,23H,8-17H2,1-7H3;3H,1H2,2H3;2H2,1H3;1H,(H,2,3). The van der Waals surface area contributed by atoms with E-state index in [0.29, 0.717) is 10.2 Å². The van der Waals surface area contributed by atoms with Gasteiger partial charge in [0.2, 0.25) is 0 Å². The number of nitrogens with two attached hydrogens (primary N) is 1. The summed E-state index contributed by atoms with van der Waals surface area (Å²) in [5.74, 6) is 1.82. The van der Waals surface area contributed by atoms with Gasteiger partial charge in [-0.1, -0.05) is 66.9 Å². The Morgan fingerprint density at radius 3 is 2.12 bits per heavy atom. The molecule has 1 rings (SSSR count). The molecule has 0 aliphatic heterocycles. The van der Waals surface area contributed by atoms with Crippen LogP contribution in [0.1, 0.15) is 106 Å². The maximum atomic E-state index is 8.36. The summed E-state index contributed by atoms with van der Waals surface area (Å²) in [5.41, 5.74) is 5.02. The number of hydrogen-bond donors (Lipinski definition) is 3. The molecule has 0 saturated heterocycles. The van der Waals surface area contributed by atoms with Crippen molar-refractivity contribution in [3.05, 3.63) is 12.7 Å². The summed E-state index contributed by atoms with van der Waals surface area (Å²) in [4.78, 5) is 8.36. The fourth-order valence-corrected chi connectivity index (χ4v) is 6.21. The Bertz CT molecular complexity index is 422. The molecule has 0 radical (unpaired) electrons. The van der Waals surface area contributed by atoms with Crippen LogP contribution in [0, 0.1) is 17.3 Å². The molecule has 0 bridgehead atoms. The van der Waals surface area contributed by atoms with Gasteiger partial charge in [0.1, 0.15) is 0 Å². The number of thioether (sulfide) groups is 1. The zero-order valence-electron chi connectivity index (χ0n) is 23.0. The zero-order valence-corrected chi connectivity index (χ0v) is 23.8. The smallest absolute Gasteiger partial charge is 0.290 e. The van der Waals surface area contributed by atoms with Gasteiger partial charge < -0.3 is 16.2 Å². The van der Waals surface area contributed by atoms with E-state index in [-0.39, 0.29) is 6.47 Å². The number of allylic oxidation sites excluding steroid dienone is 1. The first-order valence-electron chi connectivity index (χ1n) is 12.6. The van der Waals surface area contributed by atoms with E-state index in [4.69, 9.17) is 9.90 Å². The molecule has 3 atom stereocenters. The number of hydrogen-bond acceptors (Lipinski definition) is 4. The highest BCUT2D eigenvalue weighted by Gasteiger charge is 2.34. The van der Waals surface area contributed by atoms with E-state index < -0.39 is 0 Å². The minimum absolute atomic E-state index is 0.250. The second kappa shape index (κ2) is 22.3. The summed E-state index contributed by atoms with van der Waals surface area (Å²) >= 11 is 2.33. The van der Waals surface area contributed by atoms with E-state index in [2.05, 4.69) is 78.0 Å². The number of rotatable bonds is 12. The summed E-state index contributed by atoms with van der Waals surface area (Å²) in [7, 11) is 3.60. The molecule has 1 aliphatic carbocycles. The van der Waals surface area contributed by atoms with Crippen molar-refractivity contribution >= 4 is 18.2 Å². The molecule has 0 amide bonds. The zero-order chi connectivity index (χ0) is 25.6. The molecule has 0 spiro atoms. The SMILES string of the molecule is C=CC.CCCC(C)(C)CCC(C)(C)SC1CCCC1CC(CC)CNC.CN.O=CO. The minimum Gasteiger partial charge on any atom is -0.483 e. The van der Waals surface area contributed by atoms with Crippen molar-refractivity contribution in [2.75, 3.05) is 20.6 Å². The largest absolute Gasteiger partial charge is 0.483 e. The third-order valence-corrected chi connectivity index (χ3v) is 7.86. The van der Waals surface area contributed by atoms with Crippen molar-refractivity contribution in [3.8, 4) is 0 Å². The highest BCUT2D eigenvalue weighted by atomic mass is 32.2. The molecule has 0 aromatic rings. The van der Waals surface area contributed by atoms with Crippen LogP contribution in [0.5, 0.6) is 0 Å². The molecule has 0 aromatic heterocycles. The molecule has 3 unspecified atom stereocenters. The van der Waals surface area contributed by atoms with Crippen molar-refractivity contribution in [1.29, 1.82) is 0 Å². The fraction of sp³-hybridized carbons (Fsp3) is 0.889. The first-order valence-corrected chi connectivity index (χ1v) is 13.5. The van der Waals surface area contributed by atoms with E-state index in [1.165, 1.54) is 71.4 Å². The van der Waals surface area contributed by atoms with Crippen molar-refractivity contribution in [1.82, 2.24) is 5.32 Å². The van der Waals surface area contributed by atoms with Gasteiger partial charge >= 0.3 is 0 Å². The predicted octanol–water partition coefficient (Wildman–Crippen LogP) is 7.38. The van der Waals surface area contributed by atoms with E-state index in [9.17, 15) is 0 Å². The topological polar surface area (TPSA) is 75.3 Å². The van der Waals surface area contributed by atoms with Crippen LogP contribution in [-0.4, -0.2) is 42.2 Å². The van der Waals surface area contributed by atoms with Gasteiger partial charge in [-0.15, -0.1) is 6.58 Å². The van der Waals surface area contributed by atoms with E-state index in [1.54, 1.807) is 6.08 Å². The van der Waals surface area contributed by atoms with Crippen molar-refractivity contribution in [2.45, 2.75) is 116 Å². The monoisotopic (exact) mass is 474 g/mol. The lowest BCUT2D eigenvalue weighted by Crippen LogP contribution is -2.27. The second-order valence-electron chi connectivity index (χ2n) is 10.1.